The molecule has 5 heteroatoms. The van der Waals surface area contributed by atoms with Crippen molar-refractivity contribution in [2.45, 2.75) is 18.9 Å². The summed E-state index contributed by atoms with van der Waals surface area (Å²) in [6, 6.07) is 3.76. The minimum absolute atomic E-state index is 0.142. The summed E-state index contributed by atoms with van der Waals surface area (Å²) >= 11 is 5.83. The topological polar surface area (TPSA) is 32.5 Å². The molecule has 1 aromatic carbocycles. The van der Waals surface area contributed by atoms with E-state index in [9.17, 15) is 4.39 Å². The summed E-state index contributed by atoms with van der Waals surface area (Å²) in [5.74, 6) is -0.450. The van der Waals surface area contributed by atoms with Gasteiger partial charge in [-0.2, -0.15) is 0 Å². The van der Waals surface area contributed by atoms with Gasteiger partial charge in [0.1, 0.15) is 5.82 Å². The summed E-state index contributed by atoms with van der Waals surface area (Å²) in [5.41, 5.74) is 7.20. The van der Waals surface area contributed by atoms with Crippen molar-refractivity contribution < 1.29 is 4.39 Å². The van der Waals surface area contributed by atoms with Crippen LogP contribution in [0.2, 0.25) is 5.02 Å². The summed E-state index contributed by atoms with van der Waals surface area (Å²) < 4.78 is 13.3. The second-order valence-corrected chi connectivity index (χ2v) is 5.49. The highest BCUT2D eigenvalue weighted by Gasteiger charge is 2.31. The van der Waals surface area contributed by atoms with Crippen molar-refractivity contribution in [3.63, 3.8) is 0 Å². The minimum atomic E-state index is -0.450. The van der Waals surface area contributed by atoms with E-state index in [1.54, 1.807) is 6.07 Å². The summed E-state index contributed by atoms with van der Waals surface area (Å²) in [6.45, 7) is 3.98. The number of hydrogen-bond acceptors (Lipinski definition) is 3. The molecular formula is C13H17ClFN3. The van der Waals surface area contributed by atoms with Crippen LogP contribution in [0.4, 0.5) is 15.8 Å². The number of nitrogens with zero attached hydrogens (tertiary/aromatic N) is 2. The SMILES string of the molecule is Nc1cc(F)c(Cl)cc1N1CCN(C2CC2)CC1. The molecule has 1 aliphatic carbocycles. The molecule has 0 aromatic heterocycles. The van der Waals surface area contributed by atoms with Gasteiger partial charge in [0.05, 0.1) is 16.4 Å². The van der Waals surface area contributed by atoms with Crippen molar-refractivity contribution in [1.29, 1.82) is 0 Å². The van der Waals surface area contributed by atoms with Gasteiger partial charge in [-0.25, -0.2) is 4.39 Å². The Labute approximate surface area is 111 Å². The molecule has 2 aliphatic rings. The molecule has 18 heavy (non-hydrogen) atoms. The lowest BCUT2D eigenvalue weighted by molar-refractivity contribution is 0.248. The molecule has 1 saturated heterocycles. The van der Waals surface area contributed by atoms with Crippen molar-refractivity contribution in [2.24, 2.45) is 0 Å². The van der Waals surface area contributed by atoms with Crippen LogP contribution in [0.15, 0.2) is 12.1 Å². The van der Waals surface area contributed by atoms with Crippen LogP contribution in [-0.2, 0) is 0 Å². The van der Waals surface area contributed by atoms with Crippen LogP contribution in [-0.4, -0.2) is 37.1 Å². The Bertz CT molecular complexity index is 454. The zero-order valence-corrected chi connectivity index (χ0v) is 11.0. The standard InChI is InChI=1S/C13H17ClFN3/c14-10-7-13(12(16)8-11(10)15)18-5-3-17(4-6-18)9-1-2-9/h7-9H,1-6,16H2. The molecule has 98 valence electrons. The highest BCUT2D eigenvalue weighted by molar-refractivity contribution is 6.31. The fraction of sp³-hybridized carbons (Fsp3) is 0.538. The van der Waals surface area contributed by atoms with E-state index in [1.165, 1.54) is 18.9 Å². The van der Waals surface area contributed by atoms with Gasteiger partial charge in [-0.3, -0.25) is 4.90 Å². The minimum Gasteiger partial charge on any atom is -0.397 e. The van der Waals surface area contributed by atoms with E-state index in [1.807, 2.05) is 0 Å². The Morgan fingerprint density at radius 3 is 2.44 bits per heavy atom. The average molecular weight is 270 g/mol. The highest BCUT2D eigenvalue weighted by Crippen LogP contribution is 2.32. The quantitative estimate of drug-likeness (QED) is 0.837. The molecule has 2 N–H and O–H groups in total. The van der Waals surface area contributed by atoms with Gasteiger partial charge >= 0.3 is 0 Å². The first-order valence-corrected chi connectivity index (χ1v) is 6.76. The van der Waals surface area contributed by atoms with Gasteiger partial charge in [-0.1, -0.05) is 11.6 Å². The molecule has 1 aromatic rings. The van der Waals surface area contributed by atoms with Crippen molar-refractivity contribution in [2.75, 3.05) is 36.8 Å². The van der Waals surface area contributed by atoms with Gasteiger partial charge in [-0.05, 0) is 18.9 Å². The fourth-order valence-electron chi connectivity index (χ4n) is 2.59. The molecule has 0 atom stereocenters. The molecule has 0 radical (unpaired) electrons. The lowest BCUT2D eigenvalue weighted by Crippen LogP contribution is -2.47. The molecule has 3 rings (SSSR count). The Hall–Kier alpha value is -1.00. The molecule has 0 spiro atoms. The predicted octanol–water partition coefficient (Wildman–Crippen LogP) is 2.35. The molecule has 3 nitrogen and oxygen atoms in total. The van der Waals surface area contributed by atoms with E-state index in [4.69, 9.17) is 17.3 Å². The summed E-state index contributed by atoms with van der Waals surface area (Å²) in [7, 11) is 0. The maximum atomic E-state index is 13.3. The van der Waals surface area contributed by atoms with Crippen LogP contribution >= 0.6 is 11.6 Å². The largest absolute Gasteiger partial charge is 0.397 e. The summed E-state index contributed by atoms with van der Waals surface area (Å²) in [6.07, 6.45) is 2.68. The third-order valence-corrected chi connectivity index (χ3v) is 4.08. The van der Waals surface area contributed by atoms with Gasteiger partial charge in [0.2, 0.25) is 0 Å². The fourth-order valence-corrected chi connectivity index (χ4v) is 2.75. The third-order valence-electron chi connectivity index (χ3n) is 3.79. The smallest absolute Gasteiger partial charge is 0.143 e. The monoisotopic (exact) mass is 269 g/mol. The second kappa shape index (κ2) is 4.59. The van der Waals surface area contributed by atoms with Gasteiger partial charge in [0.15, 0.2) is 0 Å². The molecular weight excluding hydrogens is 253 g/mol. The van der Waals surface area contributed by atoms with E-state index in [2.05, 4.69) is 9.80 Å². The lowest BCUT2D eigenvalue weighted by Gasteiger charge is -2.36. The normalized spacial score (nSPS) is 21.3. The first kappa shape index (κ1) is 12.1. The maximum absolute atomic E-state index is 13.3. The molecule has 2 fully saturated rings. The first-order valence-electron chi connectivity index (χ1n) is 6.38. The maximum Gasteiger partial charge on any atom is 0.143 e. The Kier molecular flexibility index (Phi) is 3.08. The summed E-state index contributed by atoms with van der Waals surface area (Å²) in [5, 5.41) is 0.142. The van der Waals surface area contributed by atoms with Gasteiger partial charge in [-0.15, -0.1) is 0 Å². The number of rotatable bonds is 2. The van der Waals surface area contributed by atoms with E-state index in [-0.39, 0.29) is 5.02 Å². The number of hydrogen-bond donors (Lipinski definition) is 1. The molecule has 1 heterocycles. The summed E-state index contributed by atoms with van der Waals surface area (Å²) in [4.78, 5) is 4.72. The van der Waals surface area contributed by atoms with Crippen LogP contribution in [0.1, 0.15) is 12.8 Å². The Balaban J connectivity index is 1.73. The number of piperazine rings is 1. The average Bonchev–Trinajstić information content (AvgIpc) is 3.18. The van der Waals surface area contributed by atoms with Crippen molar-refractivity contribution in [3.8, 4) is 0 Å². The third kappa shape index (κ3) is 2.27. The van der Waals surface area contributed by atoms with E-state index >= 15 is 0 Å². The van der Waals surface area contributed by atoms with Gasteiger partial charge < -0.3 is 10.6 Å². The van der Waals surface area contributed by atoms with Gasteiger partial charge in [0, 0.05) is 38.3 Å². The van der Waals surface area contributed by atoms with Crippen LogP contribution in [0.3, 0.4) is 0 Å². The molecule has 0 bridgehead atoms. The highest BCUT2D eigenvalue weighted by atomic mass is 35.5. The zero-order valence-electron chi connectivity index (χ0n) is 10.2. The number of nitrogen functional groups attached to an aromatic ring is 1. The van der Waals surface area contributed by atoms with Crippen LogP contribution < -0.4 is 10.6 Å². The lowest BCUT2D eigenvalue weighted by atomic mass is 10.2. The zero-order chi connectivity index (χ0) is 12.7. The molecule has 0 unspecified atom stereocenters. The van der Waals surface area contributed by atoms with Crippen LogP contribution in [0, 0.1) is 5.82 Å². The van der Waals surface area contributed by atoms with Crippen molar-refractivity contribution >= 4 is 23.0 Å². The molecule has 1 saturated carbocycles. The number of halogens is 2. The Morgan fingerprint density at radius 1 is 1.17 bits per heavy atom. The van der Waals surface area contributed by atoms with E-state index in [0.717, 1.165) is 37.9 Å². The van der Waals surface area contributed by atoms with Crippen LogP contribution in [0.25, 0.3) is 0 Å². The Morgan fingerprint density at radius 2 is 1.83 bits per heavy atom. The van der Waals surface area contributed by atoms with E-state index < -0.39 is 5.82 Å². The van der Waals surface area contributed by atoms with Gasteiger partial charge in [0.25, 0.3) is 0 Å². The predicted molar refractivity (Wildman–Crippen MR) is 72.6 cm³/mol. The van der Waals surface area contributed by atoms with E-state index in [0.29, 0.717) is 5.69 Å². The molecule has 0 amide bonds. The van der Waals surface area contributed by atoms with Crippen molar-refractivity contribution in [3.05, 3.63) is 23.0 Å². The number of nitrogens with two attached hydrogens (primary N) is 1. The van der Waals surface area contributed by atoms with Crippen molar-refractivity contribution in [1.82, 2.24) is 4.90 Å². The number of anilines is 2. The second-order valence-electron chi connectivity index (χ2n) is 5.08. The number of benzene rings is 1. The first-order chi connectivity index (χ1) is 8.65. The van der Waals surface area contributed by atoms with Crippen LogP contribution in [0.5, 0.6) is 0 Å². The molecule has 1 aliphatic heterocycles.